The van der Waals surface area contributed by atoms with Gasteiger partial charge in [-0.2, -0.15) is 0 Å². The number of benzene rings is 2. The topological polar surface area (TPSA) is 75.3 Å². The summed E-state index contributed by atoms with van der Waals surface area (Å²) in [7, 11) is -3.43. The lowest BCUT2D eigenvalue weighted by Gasteiger charge is -2.25. The molecule has 2 rings (SSSR count). The molecule has 0 aromatic heterocycles. The van der Waals surface area contributed by atoms with Gasteiger partial charge in [-0.15, -0.1) is 0 Å². The predicted molar refractivity (Wildman–Crippen MR) is 97.7 cm³/mol. The monoisotopic (exact) mass is 364 g/mol. The van der Waals surface area contributed by atoms with Crippen molar-refractivity contribution in [3.05, 3.63) is 59.4 Å². The number of sulfonamides is 1. The SMILES string of the molecule is Cc1ccc(NC(=O)C(C)(C)c2ccccc2F)cc1NS(C)(=O)=O. The number of carbonyl (C=O) groups excluding carboxylic acids is 1. The first-order chi connectivity index (χ1) is 11.5. The molecule has 0 heterocycles. The number of hydrogen-bond donors (Lipinski definition) is 2. The molecule has 0 saturated carbocycles. The Morgan fingerprint density at radius 3 is 2.36 bits per heavy atom. The highest BCUT2D eigenvalue weighted by Crippen LogP contribution is 2.28. The minimum atomic E-state index is -3.43. The molecule has 0 saturated heterocycles. The fourth-order valence-corrected chi connectivity index (χ4v) is 3.01. The Kier molecular flexibility index (Phi) is 5.17. The van der Waals surface area contributed by atoms with Crippen molar-refractivity contribution in [2.24, 2.45) is 0 Å². The Hall–Kier alpha value is -2.41. The molecule has 0 unspecified atom stereocenters. The Morgan fingerprint density at radius 1 is 1.12 bits per heavy atom. The first-order valence-corrected chi connectivity index (χ1v) is 9.55. The quantitative estimate of drug-likeness (QED) is 0.854. The number of halogens is 1. The smallest absolute Gasteiger partial charge is 0.234 e. The summed E-state index contributed by atoms with van der Waals surface area (Å²) in [5.41, 5.74) is 0.710. The fraction of sp³-hybridized carbons (Fsp3) is 0.278. The van der Waals surface area contributed by atoms with Crippen LogP contribution in [0.1, 0.15) is 25.0 Å². The maximum absolute atomic E-state index is 14.0. The van der Waals surface area contributed by atoms with Gasteiger partial charge in [-0.3, -0.25) is 9.52 Å². The van der Waals surface area contributed by atoms with Crippen LogP contribution in [0.2, 0.25) is 0 Å². The van der Waals surface area contributed by atoms with E-state index >= 15 is 0 Å². The summed E-state index contributed by atoms with van der Waals surface area (Å²) in [5, 5.41) is 2.72. The van der Waals surface area contributed by atoms with Crippen LogP contribution in [0.4, 0.5) is 15.8 Å². The second-order valence-corrected chi connectivity index (χ2v) is 8.21. The number of aryl methyl sites for hydroxylation is 1. The number of nitrogens with one attached hydrogen (secondary N) is 2. The van der Waals surface area contributed by atoms with Crippen molar-refractivity contribution in [1.29, 1.82) is 0 Å². The minimum absolute atomic E-state index is 0.286. The van der Waals surface area contributed by atoms with Crippen molar-refractivity contribution in [1.82, 2.24) is 0 Å². The summed E-state index contributed by atoms with van der Waals surface area (Å²) in [6.07, 6.45) is 1.05. The molecule has 7 heteroatoms. The third kappa shape index (κ3) is 4.57. The van der Waals surface area contributed by atoms with Crippen molar-refractivity contribution in [3.63, 3.8) is 0 Å². The van der Waals surface area contributed by atoms with Crippen LogP contribution in [0, 0.1) is 12.7 Å². The molecule has 25 heavy (non-hydrogen) atoms. The number of hydrogen-bond acceptors (Lipinski definition) is 3. The van der Waals surface area contributed by atoms with Crippen molar-refractivity contribution < 1.29 is 17.6 Å². The van der Waals surface area contributed by atoms with Gasteiger partial charge >= 0.3 is 0 Å². The summed E-state index contributed by atoms with van der Waals surface area (Å²) in [6, 6.07) is 11.0. The lowest BCUT2D eigenvalue weighted by atomic mass is 9.83. The molecule has 2 aromatic rings. The first kappa shape index (κ1) is 18.9. The molecule has 0 fully saturated rings. The number of anilines is 2. The summed E-state index contributed by atoms with van der Waals surface area (Å²) in [5.74, 6) is -0.849. The van der Waals surface area contributed by atoms with Gasteiger partial charge in [-0.05, 0) is 44.5 Å². The van der Waals surface area contributed by atoms with E-state index in [-0.39, 0.29) is 5.56 Å². The van der Waals surface area contributed by atoms with E-state index in [4.69, 9.17) is 0 Å². The highest BCUT2D eigenvalue weighted by Gasteiger charge is 2.32. The molecule has 134 valence electrons. The zero-order chi connectivity index (χ0) is 18.8. The maximum atomic E-state index is 14.0. The highest BCUT2D eigenvalue weighted by molar-refractivity contribution is 7.92. The molecule has 0 atom stereocenters. The average molecular weight is 364 g/mol. The molecule has 0 spiro atoms. The molecule has 0 bridgehead atoms. The molecule has 2 aromatic carbocycles. The standard InChI is InChI=1S/C18H21FN2O3S/c1-12-9-10-13(11-16(12)21-25(4,23)24)20-17(22)18(2,3)14-7-5-6-8-15(14)19/h5-11,21H,1-4H3,(H,20,22). The van der Waals surface area contributed by atoms with Gasteiger partial charge in [-0.1, -0.05) is 24.3 Å². The minimum Gasteiger partial charge on any atom is -0.325 e. The normalized spacial score (nSPS) is 11.9. The van der Waals surface area contributed by atoms with E-state index in [2.05, 4.69) is 10.0 Å². The molecule has 5 nitrogen and oxygen atoms in total. The van der Waals surface area contributed by atoms with E-state index < -0.39 is 27.2 Å². The lowest BCUT2D eigenvalue weighted by molar-refractivity contribution is -0.120. The number of rotatable bonds is 5. The molecule has 0 aliphatic heterocycles. The molecule has 0 radical (unpaired) electrons. The van der Waals surface area contributed by atoms with Gasteiger partial charge in [-0.25, -0.2) is 12.8 Å². The third-order valence-electron chi connectivity index (χ3n) is 3.91. The van der Waals surface area contributed by atoms with Crippen LogP contribution in [-0.4, -0.2) is 20.6 Å². The van der Waals surface area contributed by atoms with Gasteiger partial charge in [0.15, 0.2) is 0 Å². The largest absolute Gasteiger partial charge is 0.325 e. The molecule has 0 aliphatic carbocycles. The van der Waals surface area contributed by atoms with E-state index in [1.54, 1.807) is 51.1 Å². The Labute approximate surface area is 147 Å². The van der Waals surface area contributed by atoms with Crippen molar-refractivity contribution in [3.8, 4) is 0 Å². The molecule has 1 amide bonds. The van der Waals surface area contributed by atoms with Gasteiger partial charge in [0.25, 0.3) is 0 Å². The van der Waals surface area contributed by atoms with Crippen LogP contribution in [0.25, 0.3) is 0 Å². The van der Waals surface area contributed by atoms with Crippen LogP contribution in [0.5, 0.6) is 0 Å². The van der Waals surface area contributed by atoms with Gasteiger partial charge < -0.3 is 5.32 Å². The average Bonchev–Trinajstić information content (AvgIpc) is 2.49. The van der Waals surface area contributed by atoms with E-state index in [9.17, 15) is 17.6 Å². The van der Waals surface area contributed by atoms with Gasteiger partial charge in [0, 0.05) is 11.3 Å². The van der Waals surface area contributed by atoms with Gasteiger partial charge in [0.2, 0.25) is 15.9 Å². The molecule has 0 aliphatic rings. The second-order valence-electron chi connectivity index (χ2n) is 6.46. The van der Waals surface area contributed by atoms with Crippen molar-refractivity contribution >= 4 is 27.3 Å². The summed E-state index contributed by atoms with van der Waals surface area (Å²) >= 11 is 0. The number of carbonyl (C=O) groups is 1. The molecule has 2 N–H and O–H groups in total. The van der Waals surface area contributed by atoms with Gasteiger partial charge in [0.05, 0.1) is 17.4 Å². The summed E-state index contributed by atoms with van der Waals surface area (Å²) in [6.45, 7) is 5.01. The van der Waals surface area contributed by atoms with E-state index in [0.717, 1.165) is 11.8 Å². The van der Waals surface area contributed by atoms with E-state index in [1.807, 2.05) is 0 Å². The highest BCUT2D eigenvalue weighted by atomic mass is 32.2. The third-order valence-corrected chi connectivity index (χ3v) is 4.50. The fourth-order valence-electron chi connectivity index (χ4n) is 2.39. The molecular weight excluding hydrogens is 343 g/mol. The van der Waals surface area contributed by atoms with E-state index in [1.165, 1.54) is 12.1 Å². The molecular formula is C18H21FN2O3S. The zero-order valence-corrected chi connectivity index (χ0v) is 15.4. The van der Waals surface area contributed by atoms with Crippen molar-refractivity contribution in [2.75, 3.05) is 16.3 Å². The van der Waals surface area contributed by atoms with Crippen LogP contribution in [-0.2, 0) is 20.2 Å². The van der Waals surface area contributed by atoms with Crippen LogP contribution < -0.4 is 10.0 Å². The number of amides is 1. The van der Waals surface area contributed by atoms with Gasteiger partial charge in [0.1, 0.15) is 5.82 Å². The Morgan fingerprint density at radius 2 is 1.76 bits per heavy atom. The Balaban J connectivity index is 2.29. The second kappa shape index (κ2) is 6.84. The summed E-state index contributed by atoms with van der Waals surface area (Å²) in [4.78, 5) is 12.7. The zero-order valence-electron chi connectivity index (χ0n) is 14.6. The lowest BCUT2D eigenvalue weighted by Crippen LogP contribution is -2.35. The van der Waals surface area contributed by atoms with Crippen LogP contribution in [0.3, 0.4) is 0 Å². The van der Waals surface area contributed by atoms with Crippen molar-refractivity contribution in [2.45, 2.75) is 26.2 Å². The first-order valence-electron chi connectivity index (χ1n) is 7.65. The predicted octanol–water partition coefficient (Wildman–Crippen LogP) is 3.42. The maximum Gasteiger partial charge on any atom is 0.234 e. The van der Waals surface area contributed by atoms with Crippen LogP contribution in [0.15, 0.2) is 42.5 Å². The van der Waals surface area contributed by atoms with Crippen LogP contribution >= 0.6 is 0 Å². The summed E-state index contributed by atoms with van der Waals surface area (Å²) < 4.78 is 39.3. The van der Waals surface area contributed by atoms with E-state index in [0.29, 0.717) is 11.4 Å². The Bertz CT molecular complexity index is 908.